The highest BCUT2D eigenvalue weighted by Crippen LogP contribution is 2.17. The lowest BCUT2D eigenvalue weighted by molar-refractivity contribution is 0.206. The standard InChI is InChI=1S/C14H25N3O/c1-5-13(15)9-12-8-11(2)14(16-10-12)17(3)6-7-18-4/h8,10,13H,5-7,9,15H2,1-4H3. The first-order valence-corrected chi connectivity index (χ1v) is 6.49. The van der Waals surface area contributed by atoms with Crippen molar-refractivity contribution in [1.29, 1.82) is 0 Å². The van der Waals surface area contributed by atoms with Crippen LogP contribution in [0.2, 0.25) is 0 Å². The first kappa shape index (κ1) is 14.9. The Bertz CT molecular complexity index is 368. The molecule has 4 heteroatoms. The lowest BCUT2D eigenvalue weighted by atomic mass is 10.0. The van der Waals surface area contributed by atoms with Crippen molar-refractivity contribution in [2.45, 2.75) is 32.7 Å². The normalized spacial score (nSPS) is 12.5. The maximum Gasteiger partial charge on any atom is 0.131 e. The molecule has 1 heterocycles. The zero-order chi connectivity index (χ0) is 13.5. The fourth-order valence-electron chi connectivity index (χ4n) is 1.92. The van der Waals surface area contributed by atoms with Crippen molar-refractivity contribution >= 4 is 5.82 Å². The molecule has 1 aromatic rings. The van der Waals surface area contributed by atoms with Gasteiger partial charge in [-0.3, -0.25) is 0 Å². The van der Waals surface area contributed by atoms with Crippen LogP contribution in [0.5, 0.6) is 0 Å². The van der Waals surface area contributed by atoms with E-state index in [-0.39, 0.29) is 6.04 Å². The predicted molar refractivity (Wildman–Crippen MR) is 76.1 cm³/mol. The van der Waals surface area contributed by atoms with Crippen LogP contribution in [-0.4, -0.2) is 38.3 Å². The van der Waals surface area contributed by atoms with Crippen molar-refractivity contribution in [2.75, 3.05) is 32.2 Å². The van der Waals surface area contributed by atoms with Crippen LogP contribution in [0.25, 0.3) is 0 Å². The van der Waals surface area contributed by atoms with Crippen molar-refractivity contribution < 1.29 is 4.74 Å². The van der Waals surface area contributed by atoms with Crippen LogP contribution in [-0.2, 0) is 11.2 Å². The van der Waals surface area contributed by atoms with Crippen molar-refractivity contribution in [3.63, 3.8) is 0 Å². The lowest BCUT2D eigenvalue weighted by Gasteiger charge is -2.20. The van der Waals surface area contributed by atoms with Gasteiger partial charge in [0, 0.05) is 32.9 Å². The zero-order valence-electron chi connectivity index (χ0n) is 11.9. The Labute approximate surface area is 110 Å². The molecule has 102 valence electrons. The molecule has 0 aliphatic carbocycles. The van der Waals surface area contributed by atoms with Crippen LogP contribution in [0, 0.1) is 6.92 Å². The number of pyridine rings is 1. The van der Waals surface area contributed by atoms with Gasteiger partial charge < -0.3 is 15.4 Å². The molecule has 18 heavy (non-hydrogen) atoms. The van der Waals surface area contributed by atoms with E-state index in [1.165, 1.54) is 11.1 Å². The second-order valence-electron chi connectivity index (χ2n) is 4.77. The van der Waals surface area contributed by atoms with Gasteiger partial charge in [0.25, 0.3) is 0 Å². The summed E-state index contributed by atoms with van der Waals surface area (Å²) in [5.74, 6) is 1.01. The third kappa shape index (κ3) is 4.27. The molecule has 4 nitrogen and oxygen atoms in total. The van der Waals surface area contributed by atoms with Crippen LogP contribution < -0.4 is 10.6 Å². The van der Waals surface area contributed by atoms with Crippen molar-refractivity contribution in [2.24, 2.45) is 5.73 Å². The lowest BCUT2D eigenvalue weighted by Crippen LogP contribution is -2.24. The quantitative estimate of drug-likeness (QED) is 0.802. The Morgan fingerprint density at radius 1 is 1.50 bits per heavy atom. The topological polar surface area (TPSA) is 51.4 Å². The second kappa shape index (κ2) is 7.34. The molecule has 0 fully saturated rings. The first-order valence-electron chi connectivity index (χ1n) is 6.49. The second-order valence-corrected chi connectivity index (χ2v) is 4.77. The first-order chi connectivity index (χ1) is 8.58. The number of aryl methyl sites for hydroxylation is 1. The molecule has 0 aliphatic rings. The van der Waals surface area contributed by atoms with E-state index in [2.05, 4.69) is 29.8 Å². The van der Waals surface area contributed by atoms with Gasteiger partial charge in [0.2, 0.25) is 0 Å². The number of ether oxygens (including phenoxy) is 1. The maximum atomic E-state index is 5.96. The molecule has 0 aromatic carbocycles. The fraction of sp³-hybridized carbons (Fsp3) is 0.643. The molecular weight excluding hydrogens is 226 g/mol. The number of nitrogens with zero attached hydrogens (tertiary/aromatic N) is 2. The summed E-state index contributed by atoms with van der Waals surface area (Å²) >= 11 is 0. The van der Waals surface area contributed by atoms with Gasteiger partial charge >= 0.3 is 0 Å². The van der Waals surface area contributed by atoms with Crippen molar-refractivity contribution in [3.05, 3.63) is 23.4 Å². The van der Waals surface area contributed by atoms with Crippen LogP contribution >= 0.6 is 0 Å². The third-order valence-electron chi connectivity index (χ3n) is 3.12. The Balaban J connectivity index is 2.72. The highest BCUT2D eigenvalue weighted by atomic mass is 16.5. The SMILES string of the molecule is CCC(N)Cc1cnc(N(C)CCOC)c(C)c1. The number of hydrogen-bond donors (Lipinski definition) is 1. The van der Waals surface area contributed by atoms with Crippen LogP contribution in [0.4, 0.5) is 5.82 Å². The van der Waals surface area contributed by atoms with Gasteiger partial charge in [0.1, 0.15) is 5.82 Å². The maximum absolute atomic E-state index is 5.96. The molecule has 0 aliphatic heterocycles. The summed E-state index contributed by atoms with van der Waals surface area (Å²) in [7, 11) is 3.75. The fourth-order valence-corrected chi connectivity index (χ4v) is 1.92. The van der Waals surface area contributed by atoms with E-state index in [0.29, 0.717) is 6.61 Å². The summed E-state index contributed by atoms with van der Waals surface area (Å²) in [5, 5.41) is 0. The van der Waals surface area contributed by atoms with E-state index in [1.54, 1.807) is 7.11 Å². The van der Waals surface area contributed by atoms with Gasteiger partial charge in [-0.05, 0) is 30.9 Å². The number of anilines is 1. The average Bonchev–Trinajstić information content (AvgIpc) is 2.36. The minimum atomic E-state index is 0.225. The molecule has 0 saturated carbocycles. The highest BCUT2D eigenvalue weighted by Gasteiger charge is 2.08. The van der Waals surface area contributed by atoms with Crippen LogP contribution in [0.1, 0.15) is 24.5 Å². The molecule has 1 aromatic heterocycles. The van der Waals surface area contributed by atoms with Gasteiger partial charge in [-0.25, -0.2) is 4.98 Å². The van der Waals surface area contributed by atoms with Gasteiger partial charge in [0.05, 0.1) is 6.61 Å². The Morgan fingerprint density at radius 3 is 2.78 bits per heavy atom. The molecule has 0 spiro atoms. The van der Waals surface area contributed by atoms with Crippen LogP contribution in [0.15, 0.2) is 12.3 Å². The van der Waals surface area contributed by atoms with Crippen molar-refractivity contribution in [3.8, 4) is 0 Å². The molecule has 0 amide bonds. The summed E-state index contributed by atoms with van der Waals surface area (Å²) in [4.78, 5) is 6.65. The van der Waals surface area contributed by atoms with E-state index < -0.39 is 0 Å². The Kier molecular flexibility index (Phi) is 6.09. The smallest absolute Gasteiger partial charge is 0.131 e. The summed E-state index contributed by atoms with van der Waals surface area (Å²) in [6.07, 6.45) is 3.82. The number of rotatable bonds is 7. The molecule has 0 saturated heterocycles. The molecule has 1 rings (SSSR count). The van der Waals surface area contributed by atoms with Crippen molar-refractivity contribution in [1.82, 2.24) is 4.98 Å². The zero-order valence-corrected chi connectivity index (χ0v) is 11.9. The molecule has 0 radical (unpaired) electrons. The number of hydrogen-bond acceptors (Lipinski definition) is 4. The summed E-state index contributed by atoms with van der Waals surface area (Å²) < 4.78 is 5.08. The largest absolute Gasteiger partial charge is 0.383 e. The van der Waals surface area contributed by atoms with Gasteiger partial charge in [-0.1, -0.05) is 13.0 Å². The minimum Gasteiger partial charge on any atom is -0.383 e. The number of aromatic nitrogens is 1. The molecule has 0 bridgehead atoms. The summed E-state index contributed by atoms with van der Waals surface area (Å²) in [6, 6.07) is 2.41. The Morgan fingerprint density at radius 2 is 2.22 bits per heavy atom. The van der Waals surface area contributed by atoms with E-state index in [9.17, 15) is 0 Å². The highest BCUT2D eigenvalue weighted by molar-refractivity contribution is 5.46. The molecule has 1 atom stereocenters. The number of likely N-dealkylation sites (N-methyl/N-ethyl adjacent to an activating group) is 1. The minimum absolute atomic E-state index is 0.225. The summed E-state index contributed by atoms with van der Waals surface area (Å²) in [5.41, 5.74) is 8.37. The molecular formula is C14H25N3O. The monoisotopic (exact) mass is 251 g/mol. The van der Waals surface area contributed by atoms with E-state index in [0.717, 1.165) is 25.2 Å². The number of nitrogens with two attached hydrogens (primary N) is 1. The van der Waals surface area contributed by atoms with E-state index in [4.69, 9.17) is 10.5 Å². The van der Waals surface area contributed by atoms with Gasteiger partial charge in [0.15, 0.2) is 0 Å². The van der Waals surface area contributed by atoms with E-state index >= 15 is 0 Å². The van der Waals surface area contributed by atoms with Gasteiger partial charge in [-0.15, -0.1) is 0 Å². The van der Waals surface area contributed by atoms with E-state index in [1.807, 2.05) is 13.2 Å². The molecule has 1 unspecified atom stereocenters. The third-order valence-corrected chi connectivity index (χ3v) is 3.12. The van der Waals surface area contributed by atoms with Gasteiger partial charge in [-0.2, -0.15) is 0 Å². The average molecular weight is 251 g/mol. The summed E-state index contributed by atoms with van der Waals surface area (Å²) in [6.45, 7) is 5.75. The number of methoxy groups -OCH3 is 1. The molecule has 2 N–H and O–H groups in total. The Hall–Kier alpha value is -1.13. The predicted octanol–water partition coefficient (Wildman–Crippen LogP) is 1.75. The van der Waals surface area contributed by atoms with Crippen LogP contribution in [0.3, 0.4) is 0 Å².